The number of aryl methyl sites for hydroxylation is 2. The molecule has 0 saturated heterocycles. The maximum atomic E-state index is 5.70. The van der Waals surface area contributed by atoms with Gasteiger partial charge in [0.05, 0.1) is 12.8 Å². The molecular formula is C19H22N4O2S. The van der Waals surface area contributed by atoms with Crippen molar-refractivity contribution in [1.82, 2.24) is 15.1 Å². The molecule has 1 aromatic carbocycles. The van der Waals surface area contributed by atoms with Crippen molar-refractivity contribution >= 4 is 23.0 Å². The Bertz CT molecular complexity index is 853. The highest BCUT2D eigenvalue weighted by atomic mass is 32.1. The topological polar surface area (TPSA) is 67.3 Å². The van der Waals surface area contributed by atoms with Gasteiger partial charge in [0.2, 0.25) is 5.89 Å². The molecule has 26 heavy (non-hydrogen) atoms. The third-order valence-corrected chi connectivity index (χ3v) is 4.14. The molecule has 0 bridgehead atoms. The van der Waals surface area contributed by atoms with E-state index in [1.165, 1.54) is 11.1 Å². The molecule has 3 aromatic rings. The number of benzene rings is 1. The van der Waals surface area contributed by atoms with Crippen LogP contribution in [0.3, 0.4) is 0 Å². The first-order valence-corrected chi connectivity index (χ1v) is 8.96. The van der Waals surface area contributed by atoms with E-state index in [-0.39, 0.29) is 0 Å². The second-order valence-corrected chi connectivity index (χ2v) is 6.59. The number of nitrogens with zero attached hydrogens (tertiary/aromatic N) is 3. The summed E-state index contributed by atoms with van der Waals surface area (Å²) in [6.07, 6.45) is 2.53. The highest BCUT2D eigenvalue weighted by Gasteiger charge is 2.16. The molecule has 0 radical (unpaired) electrons. The van der Waals surface area contributed by atoms with Gasteiger partial charge in [-0.05, 0) is 67.9 Å². The summed E-state index contributed by atoms with van der Waals surface area (Å²) in [4.78, 5) is 2.02. The molecule has 3 rings (SSSR count). The summed E-state index contributed by atoms with van der Waals surface area (Å²) in [7, 11) is 0. The number of aromatic nitrogens is 2. The quantitative estimate of drug-likeness (QED) is 0.638. The average molecular weight is 370 g/mol. The van der Waals surface area contributed by atoms with E-state index < -0.39 is 0 Å². The lowest BCUT2D eigenvalue weighted by Gasteiger charge is -2.24. The van der Waals surface area contributed by atoms with Gasteiger partial charge in [-0.3, -0.25) is 0 Å². The van der Waals surface area contributed by atoms with Crippen molar-refractivity contribution in [3.63, 3.8) is 0 Å². The molecule has 2 heterocycles. The Hall–Kier alpha value is -2.67. The molecule has 2 aromatic heterocycles. The first-order valence-electron chi connectivity index (χ1n) is 8.55. The van der Waals surface area contributed by atoms with Crippen molar-refractivity contribution in [2.75, 3.05) is 11.9 Å². The zero-order valence-electron chi connectivity index (χ0n) is 15.2. The summed E-state index contributed by atoms with van der Waals surface area (Å²) >= 11 is 5.60. The van der Waals surface area contributed by atoms with E-state index in [1.807, 2.05) is 4.90 Å². The molecular weight excluding hydrogens is 348 g/mol. The molecule has 136 valence electrons. The highest BCUT2D eigenvalue weighted by Crippen LogP contribution is 2.19. The van der Waals surface area contributed by atoms with Crippen LogP contribution in [0.25, 0.3) is 11.7 Å². The first-order chi connectivity index (χ1) is 12.5. The van der Waals surface area contributed by atoms with Crippen LogP contribution in [0.4, 0.5) is 5.69 Å². The van der Waals surface area contributed by atoms with Crippen LogP contribution in [0.2, 0.25) is 0 Å². The number of rotatable bonds is 6. The van der Waals surface area contributed by atoms with Gasteiger partial charge in [0.25, 0.3) is 5.89 Å². The lowest BCUT2D eigenvalue weighted by Crippen LogP contribution is -2.35. The minimum Gasteiger partial charge on any atom is -0.459 e. The predicted molar refractivity (Wildman–Crippen MR) is 105 cm³/mol. The van der Waals surface area contributed by atoms with Crippen molar-refractivity contribution in [2.45, 2.75) is 33.7 Å². The minimum atomic E-state index is 0.370. The van der Waals surface area contributed by atoms with Crippen molar-refractivity contribution in [3.05, 3.63) is 53.6 Å². The van der Waals surface area contributed by atoms with E-state index in [1.54, 1.807) is 18.4 Å². The summed E-state index contributed by atoms with van der Waals surface area (Å²) in [5.74, 6) is 1.42. The van der Waals surface area contributed by atoms with E-state index in [9.17, 15) is 0 Å². The molecule has 0 aliphatic rings. The third kappa shape index (κ3) is 4.49. The van der Waals surface area contributed by atoms with Crippen LogP contribution in [0, 0.1) is 13.8 Å². The zero-order chi connectivity index (χ0) is 18.5. The Labute approximate surface area is 158 Å². The lowest BCUT2D eigenvalue weighted by atomic mass is 10.1. The van der Waals surface area contributed by atoms with Crippen LogP contribution in [0.5, 0.6) is 0 Å². The second kappa shape index (κ2) is 8.14. The van der Waals surface area contributed by atoms with Crippen molar-refractivity contribution in [2.24, 2.45) is 0 Å². The van der Waals surface area contributed by atoms with Gasteiger partial charge in [-0.2, -0.15) is 0 Å². The number of furan rings is 1. The molecule has 1 N–H and O–H groups in total. The molecule has 7 heteroatoms. The number of hydrogen-bond acceptors (Lipinski definition) is 5. The summed E-state index contributed by atoms with van der Waals surface area (Å²) in [6, 6.07) is 9.85. The van der Waals surface area contributed by atoms with Gasteiger partial charge in [-0.15, -0.1) is 10.2 Å². The van der Waals surface area contributed by atoms with Gasteiger partial charge in [-0.25, -0.2) is 0 Å². The van der Waals surface area contributed by atoms with Crippen LogP contribution >= 0.6 is 12.2 Å². The van der Waals surface area contributed by atoms with E-state index in [4.69, 9.17) is 21.1 Å². The minimum absolute atomic E-state index is 0.370. The molecule has 0 saturated carbocycles. The number of hydrogen-bond donors (Lipinski definition) is 1. The SMILES string of the molecule is CCCN(Cc1nnc(-c2ccco2)o1)C(=S)Nc1cc(C)cc(C)c1. The van der Waals surface area contributed by atoms with Gasteiger partial charge in [0, 0.05) is 12.2 Å². The van der Waals surface area contributed by atoms with E-state index in [0.29, 0.717) is 29.2 Å². The smallest absolute Gasteiger partial charge is 0.283 e. The number of nitrogens with one attached hydrogen (secondary N) is 1. The Morgan fingerprint density at radius 2 is 1.96 bits per heavy atom. The normalized spacial score (nSPS) is 10.7. The van der Waals surface area contributed by atoms with Gasteiger partial charge in [0.15, 0.2) is 10.9 Å². The Morgan fingerprint density at radius 1 is 1.19 bits per heavy atom. The maximum absolute atomic E-state index is 5.70. The molecule has 0 spiro atoms. The van der Waals surface area contributed by atoms with E-state index in [0.717, 1.165) is 18.7 Å². The summed E-state index contributed by atoms with van der Waals surface area (Å²) in [6.45, 7) is 7.47. The number of anilines is 1. The van der Waals surface area contributed by atoms with Gasteiger partial charge >= 0.3 is 0 Å². The summed E-state index contributed by atoms with van der Waals surface area (Å²) in [5.41, 5.74) is 3.37. The molecule has 6 nitrogen and oxygen atoms in total. The molecule has 0 amide bonds. The zero-order valence-corrected chi connectivity index (χ0v) is 16.0. The molecule has 0 aliphatic heterocycles. The number of thiocarbonyl (C=S) groups is 1. The molecule has 0 aliphatic carbocycles. The predicted octanol–water partition coefficient (Wildman–Crippen LogP) is 4.56. The van der Waals surface area contributed by atoms with Crippen LogP contribution in [0.1, 0.15) is 30.4 Å². The first kappa shape index (κ1) is 18.1. The molecule has 0 unspecified atom stereocenters. The van der Waals surface area contributed by atoms with E-state index >= 15 is 0 Å². The highest BCUT2D eigenvalue weighted by molar-refractivity contribution is 7.80. The second-order valence-electron chi connectivity index (χ2n) is 6.21. The summed E-state index contributed by atoms with van der Waals surface area (Å²) in [5, 5.41) is 12.1. The third-order valence-electron chi connectivity index (χ3n) is 3.78. The fourth-order valence-electron chi connectivity index (χ4n) is 2.75. The standard InChI is InChI=1S/C19H22N4O2S/c1-4-7-23(19(26)20-15-10-13(2)9-14(3)11-15)12-17-21-22-18(25-17)16-6-5-8-24-16/h5-6,8-11H,4,7,12H2,1-3H3,(H,20,26). The van der Waals surface area contributed by atoms with Gasteiger partial charge in [-0.1, -0.05) is 13.0 Å². The van der Waals surface area contributed by atoms with Crippen molar-refractivity contribution < 1.29 is 8.83 Å². The molecule has 0 fully saturated rings. The van der Waals surface area contributed by atoms with Crippen LogP contribution in [-0.4, -0.2) is 26.8 Å². The largest absolute Gasteiger partial charge is 0.459 e. The lowest BCUT2D eigenvalue weighted by molar-refractivity contribution is 0.357. The van der Waals surface area contributed by atoms with Crippen LogP contribution < -0.4 is 5.32 Å². The fraction of sp³-hybridized carbons (Fsp3) is 0.316. The Balaban J connectivity index is 1.71. The van der Waals surface area contributed by atoms with Crippen LogP contribution in [0.15, 0.2) is 45.4 Å². The summed E-state index contributed by atoms with van der Waals surface area (Å²) < 4.78 is 11.0. The monoisotopic (exact) mass is 370 g/mol. The van der Waals surface area contributed by atoms with Crippen molar-refractivity contribution in [3.8, 4) is 11.7 Å². The van der Waals surface area contributed by atoms with Crippen LogP contribution in [-0.2, 0) is 6.54 Å². The van der Waals surface area contributed by atoms with Gasteiger partial charge in [0.1, 0.15) is 0 Å². The Morgan fingerprint density at radius 3 is 2.62 bits per heavy atom. The van der Waals surface area contributed by atoms with Crippen molar-refractivity contribution in [1.29, 1.82) is 0 Å². The maximum Gasteiger partial charge on any atom is 0.283 e. The van der Waals surface area contributed by atoms with E-state index in [2.05, 4.69) is 54.5 Å². The van der Waals surface area contributed by atoms with Gasteiger partial charge < -0.3 is 19.1 Å². The average Bonchev–Trinajstić information content (AvgIpc) is 3.24. The Kier molecular flexibility index (Phi) is 5.68. The fourth-order valence-corrected chi connectivity index (χ4v) is 3.03. The molecule has 0 atom stereocenters.